The Morgan fingerprint density at radius 2 is 1.12 bits per heavy atom. The first-order valence-electron chi connectivity index (χ1n) is 8.18. The van der Waals surface area contributed by atoms with Crippen LogP contribution >= 0.6 is 0 Å². The smallest absolute Gasteiger partial charge is 0.317 e. The highest BCUT2D eigenvalue weighted by molar-refractivity contribution is 5.65. The Kier molecular flexibility index (Phi) is 10.7. The second-order valence-electron chi connectivity index (χ2n) is 5.30. The zero-order valence-electron chi connectivity index (χ0n) is 16.4. The predicted molar refractivity (Wildman–Crippen MR) is 105 cm³/mol. The number of rotatable bonds is 5. The lowest BCUT2D eigenvalue weighted by molar-refractivity contribution is -0.395. The zero-order valence-corrected chi connectivity index (χ0v) is 16.4. The standard InChI is InChI=1S/2C6H4N2O5.C4H8O2/c2*9-6-2-1-4(7(10)11)3-5(6)8(12)13;1-3-6-4(2)5/h2*1-3,9H;3H2,1-2H3. The highest BCUT2D eigenvalue weighted by Gasteiger charge is 2.19. The van der Waals surface area contributed by atoms with Crippen molar-refractivity contribution in [3.63, 3.8) is 0 Å². The van der Waals surface area contributed by atoms with Gasteiger partial charge in [0.2, 0.25) is 0 Å². The molecule has 2 N–H and O–H groups in total. The number of aromatic hydroxyl groups is 2. The van der Waals surface area contributed by atoms with Crippen molar-refractivity contribution in [3.05, 3.63) is 76.9 Å². The summed E-state index contributed by atoms with van der Waals surface area (Å²) in [6.45, 7) is 3.65. The van der Waals surface area contributed by atoms with E-state index in [2.05, 4.69) is 4.74 Å². The first-order chi connectivity index (χ1) is 14.8. The molecule has 32 heavy (non-hydrogen) atoms. The molecule has 0 bridgehead atoms. The van der Waals surface area contributed by atoms with Crippen LogP contribution < -0.4 is 0 Å². The van der Waals surface area contributed by atoms with Crippen LogP contribution in [0, 0.1) is 40.5 Å². The van der Waals surface area contributed by atoms with Crippen molar-refractivity contribution in [1.29, 1.82) is 0 Å². The highest BCUT2D eigenvalue weighted by Crippen LogP contribution is 2.30. The molecule has 2 aromatic rings. The summed E-state index contributed by atoms with van der Waals surface area (Å²) in [5.41, 5.74) is -2.20. The third-order valence-electron chi connectivity index (χ3n) is 3.08. The number of non-ortho nitro benzene ring substituents is 2. The van der Waals surface area contributed by atoms with Gasteiger partial charge in [-0.3, -0.25) is 45.3 Å². The largest absolute Gasteiger partial charge is 0.502 e. The molecular weight excluding hydrogens is 440 g/mol. The molecule has 0 unspecified atom stereocenters. The van der Waals surface area contributed by atoms with Crippen molar-refractivity contribution >= 4 is 28.7 Å². The quantitative estimate of drug-likeness (QED) is 0.375. The number of nitrogens with zero attached hydrogens (tertiary/aromatic N) is 4. The van der Waals surface area contributed by atoms with Crippen LogP contribution in [0.2, 0.25) is 0 Å². The molecule has 2 aromatic carbocycles. The van der Waals surface area contributed by atoms with Gasteiger partial charge in [-0.05, 0) is 19.1 Å². The van der Waals surface area contributed by atoms with Crippen LogP contribution in [-0.4, -0.2) is 42.5 Å². The Morgan fingerprint density at radius 3 is 1.31 bits per heavy atom. The average molecular weight is 456 g/mol. The van der Waals surface area contributed by atoms with Crippen LogP contribution in [0.5, 0.6) is 11.5 Å². The summed E-state index contributed by atoms with van der Waals surface area (Å²) in [7, 11) is 0. The third-order valence-corrected chi connectivity index (χ3v) is 3.08. The van der Waals surface area contributed by atoms with E-state index in [1.54, 1.807) is 6.92 Å². The minimum atomic E-state index is -0.887. The third kappa shape index (κ3) is 9.07. The van der Waals surface area contributed by atoms with E-state index in [9.17, 15) is 45.3 Å². The SMILES string of the molecule is CCOC(C)=O.O=[N+]([O-])c1ccc(O)c([N+](=O)[O-])c1.O=[N+]([O-])c1ccc(O)c([N+](=O)[O-])c1. The molecule has 0 radical (unpaired) electrons. The fourth-order valence-electron chi connectivity index (χ4n) is 1.75. The highest BCUT2D eigenvalue weighted by atomic mass is 16.6. The van der Waals surface area contributed by atoms with Gasteiger partial charge in [-0.2, -0.15) is 0 Å². The number of esters is 1. The van der Waals surface area contributed by atoms with Gasteiger partial charge < -0.3 is 14.9 Å². The fraction of sp³-hybridized carbons (Fsp3) is 0.188. The zero-order chi connectivity index (χ0) is 25.0. The summed E-state index contributed by atoms with van der Waals surface area (Å²) >= 11 is 0. The van der Waals surface area contributed by atoms with E-state index in [1.165, 1.54) is 6.92 Å². The Bertz CT molecular complexity index is 951. The summed E-state index contributed by atoms with van der Waals surface area (Å²) in [6, 6.07) is 5.21. The molecule has 0 fully saturated rings. The Balaban J connectivity index is 0.000000484. The number of hydrogen-bond acceptors (Lipinski definition) is 12. The second-order valence-corrected chi connectivity index (χ2v) is 5.30. The molecule has 0 saturated heterocycles. The number of nitro groups is 4. The van der Waals surface area contributed by atoms with Crippen molar-refractivity contribution in [2.45, 2.75) is 13.8 Å². The minimum Gasteiger partial charge on any atom is -0.502 e. The number of hydrogen-bond donors (Lipinski definition) is 2. The molecule has 172 valence electrons. The van der Waals surface area contributed by atoms with E-state index < -0.39 is 53.9 Å². The number of phenols is 2. The number of carbonyl (C=O) groups is 1. The van der Waals surface area contributed by atoms with Gasteiger partial charge in [-0.15, -0.1) is 0 Å². The number of phenolic OH excluding ortho intramolecular Hbond substituents is 2. The van der Waals surface area contributed by atoms with Gasteiger partial charge in [-0.25, -0.2) is 0 Å². The van der Waals surface area contributed by atoms with Crippen LogP contribution in [0.4, 0.5) is 22.7 Å². The molecule has 0 aliphatic heterocycles. The molecule has 2 rings (SSSR count). The maximum Gasteiger partial charge on any atom is 0.317 e. The van der Waals surface area contributed by atoms with Crippen LogP contribution in [0.1, 0.15) is 13.8 Å². The first-order valence-corrected chi connectivity index (χ1v) is 8.18. The van der Waals surface area contributed by atoms with Gasteiger partial charge in [0.1, 0.15) is 0 Å². The van der Waals surface area contributed by atoms with E-state index in [0.29, 0.717) is 18.7 Å². The normalized spacial score (nSPS) is 9.19. The van der Waals surface area contributed by atoms with E-state index >= 15 is 0 Å². The van der Waals surface area contributed by atoms with Crippen LogP contribution in [0.3, 0.4) is 0 Å². The van der Waals surface area contributed by atoms with Crippen LogP contribution in [0.25, 0.3) is 0 Å². The van der Waals surface area contributed by atoms with Gasteiger partial charge >= 0.3 is 17.3 Å². The monoisotopic (exact) mass is 456 g/mol. The molecule has 0 aromatic heterocycles. The molecular formula is C16H16N4O12. The van der Waals surface area contributed by atoms with Gasteiger partial charge in [0, 0.05) is 19.1 Å². The number of carbonyl (C=O) groups excluding carboxylic acids is 1. The lowest BCUT2D eigenvalue weighted by atomic mass is 10.2. The number of ether oxygens (including phenoxy) is 1. The van der Waals surface area contributed by atoms with Crippen molar-refractivity contribution < 1.29 is 39.4 Å². The van der Waals surface area contributed by atoms with Gasteiger partial charge in [0.05, 0.1) is 38.4 Å². The van der Waals surface area contributed by atoms with E-state index in [-0.39, 0.29) is 5.97 Å². The molecule has 0 atom stereocenters. The molecule has 16 heteroatoms. The molecule has 0 saturated carbocycles. The second kappa shape index (κ2) is 12.6. The fourth-order valence-corrected chi connectivity index (χ4v) is 1.75. The lowest BCUT2D eigenvalue weighted by Gasteiger charge is -1.94. The molecule has 0 amide bonds. The maximum absolute atomic E-state index is 10.2. The molecule has 0 aliphatic carbocycles. The van der Waals surface area contributed by atoms with Crippen molar-refractivity contribution in [3.8, 4) is 11.5 Å². The van der Waals surface area contributed by atoms with E-state index in [4.69, 9.17) is 10.2 Å². The van der Waals surface area contributed by atoms with Crippen molar-refractivity contribution in [2.75, 3.05) is 6.61 Å². The Morgan fingerprint density at radius 1 is 0.781 bits per heavy atom. The molecule has 0 aliphatic rings. The van der Waals surface area contributed by atoms with Crippen molar-refractivity contribution in [1.82, 2.24) is 0 Å². The predicted octanol–water partition coefficient (Wildman–Crippen LogP) is 2.99. The van der Waals surface area contributed by atoms with Gasteiger partial charge in [0.15, 0.2) is 11.5 Å². The summed E-state index contributed by atoms with van der Waals surface area (Å²) in [6.07, 6.45) is 0. The molecule has 0 heterocycles. The van der Waals surface area contributed by atoms with Gasteiger partial charge in [-0.1, -0.05) is 0 Å². The Hall–Kier alpha value is -4.89. The first kappa shape index (κ1) is 27.1. The van der Waals surface area contributed by atoms with Crippen LogP contribution in [-0.2, 0) is 9.53 Å². The minimum absolute atomic E-state index is 0.211. The summed E-state index contributed by atoms with van der Waals surface area (Å²) in [4.78, 5) is 47.3. The summed E-state index contributed by atoms with van der Waals surface area (Å²) in [5, 5.41) is 58.7. The average Bonchev–Trinajstić information content (AvgIpc) is 2.68. The van der Waals surface area contributed by atoms with E-state index in [1.807, 2.05) is 0 Å². The summed E-state index contributed by atoms with van der Waals surface area (Å²) in [5.74, 6) is -1.39. The van der Waals surface area contributed by atoms with Crippen molar-refractivity contribution in [2.24, 2.45) is 0 Å². The number of nitro benzene ring substituents is 4. The van der Waals surface area contributed by atoms with Gasteiger partial charge in [0.25, 0.3) is 11.4 Å². The summed E-state index contributed by atoms with van der Waals surface area (Å²) < 4.78 is 4.40. The maximum atomic E-state index is 10.2. The lowest BCUT2D eigenvalue weighted by Crippen LogP contribution is -1.95. The number of benzene rings is 2. The van der Waals surface area contributed by atoms with E-state index in [0.717, 1.165) is 24.3 Å². The van der Waals surface area contributed by atoms with Crippen LogP contribution in [0.15, 0.2) is 36.4 Å². The molecule has 0 spiro atoms. The topological polar surface area (TPSA) is 239 Å². The molecule has 16 nitrogen and oxygen atoms in total. The Labute approximate surface area is 177 Å².